The fourth-order valence-electron chi connectivity index (χ4n) is 4.99. The van der Waals surface area contributed by atoms with Gasteiger partial charge in [-0.15, -0.1) is 0 Å². The zero-order valence-corrected chi connectivity index (χ0v) is 21.6. The lowest BCUT2D eigenvalue weighted by Crippen LogP contribution is -2.48. The molecule has 2 amide bonds. The Labute approximate surface area is 225 Å². The number of carbonyl (C=O) groups is 2. The standard InChI is InChI=1S/C28H28ClN5O4/c29-23-19-22(30-27(35)21-8-10-25(26(18-21)34(37)38)31-12-4-5-13-31)9-11-24(23)32-14-16-33(17-15-32)28(36)20-6-2-1-3-7-20/h1-3,6-11,18-19H,4-5,12-17H2,(H,30,35). The summed E-state index contributed by atoms with van der Waals surface area (Å²) >= 11 is 6.58. The number of benzene rings is 3. The van der Waals surface area contributed by atoms with Gasteiger partial charge in [-0.25, -0.2) is 0 Å². The minimum absolute atomic E-state index is 0.0168. The summed E-state index contributed by atoms with van der Waals surface area (Å²) in [7, 11) is 0. The largest absolute Gasteiger partial charge is 0.367 e. The molecule has 1 N–H and O–H groups in total. The van der Waals surface area contributed by atoms with Gasteiger partial charge in [-0.3, -0.25) is 19.7 Å². The molecule has 0 aromatic heterocycles. The molecule has 0 radical (unpaired) electrons. The molecular formula is C28H28ClN5O4. The van der Waals surface area contributed by atoms with E-state index >= 15 is 0 Å². The number of nitro groups is 1. The van der Waals surface area contributed by atoms with Crippen LogP contribution in [0.3, 0.4) is 0 Å². The molecule has 2 aliphatic rings. The lowest BCUT2D eigenvalue weighted by Gasteiger charge is -2.36. The molecule has 2 fully saturated rings. The van der Waals surface area contributed by atoms with Crippen molar-refractivity contribution < 1.29 is 14.5 Å². The number of amides is 2. The summed E-state index contributed by atoms with van der Waals surface area (Å²) in [6.07, 6.45) is 2.00. The Morgan fingerprint density at radius 3 is 2.11 bits per heavy atom. The fourth-order valence-corrected chi connectivity index (χ4v) is 5.29. The minimum atomic E-state index is -0.446. The van der Waals surface area contributed by atoms with Gasteiger partial charge in [0.15, 0.2) is 0 Å². The van der Waals surface area contributed by atoms with Gasteiger partial charge in [0.05, 0.1) is 15.6 Å². The number of nitrogens with zero attached hydrogens (tertiary/aromatic N) is 4. The highest BCUT2D eigenvalue weighted by Crippen LogP contribution is 2.33. The van der Waals surface area contributed by atoms with Crippen LogP contribution in [0, 0.1) is 10.1 Å². The second-order valence-corrected chi connectivity index (χ2v) is 9.83. The lowest BCUT2D eigenvalue weighted by atomic mass is 10.1. The highest BCUT2D eigenvalue weighted by molar-refractivity contribution is 6.33. The summed E-state index contributed by atoms with van der Waals surface area (Å²) in [5, 5.41) is 14.9. The van der Waals surface area contributed by atoms with Crippen LogP contribution < -0.4 is 15.1 Å². The number of anilines is 3. The summed E-state index contributed by atoms with van der Waals surface area (Å²) in [6.45, 7) is 3.97. The monoisotopic (exact) mass is 533 g/mol. The maximum Gasteiger partial charge on any atom is 0.293 e. The van der Waals surface area contributed by atoms with E-state index in [1.807, 2.05) is 46.2 Å². The highest BCUT2D eigenvalue weighted by atomic mass is 35.5. The summed E-state index contributed by atoms with van der Waals surface area (Å²) in [5.74, 6) is -0.430. The molecule has 2 aliphatic heterocycles. The number of halogens is 1. The summed E-state index contributed by atoms with van der Waals surface area (Å²) < 4.78 is 0. The molecule has 196 valence electrons. The molecule has 0 bridgehead atoms. The molecule has 2 heterocycles. The molecule has 0 aliphatic carbocycles. The van der Waals surface area contributed by atoms with Crippen molar-refractivity contribution in [1.82, 2.24) is 4.90 Å². The first-order chi connectivity index (χ1) is 18.4. The van der Waals surface area contributed by atoms with Gasteiger partial charge in [0.2, 0.25) is 0 Å². The van der Waals surface area contributed by atoms with E-state index in [4.69, 9.17) is 11.6 Å². The van der Waals surface area contributed by atoms with Gasteiger partial charge in [0.1, 0.15) is 5.69 Å². The molecule has 0 saturated carbocycles. The molecular weight excluding hydrogens is 506 g/mol. The van der Waals surface area contributed by atoms with Crippen LogP contribution in [0.1, 0.15) is 33.6 Å². The smallest absolute Gasteiger partial charge is 0.293 e. The second kappa shape index (κ2) is 11.1. The van der Waals surface area contributed by atoms with Crippen LogP contribution in [0.15, 0.2) is 66.7 Å². The van der Waals surface area contributed by atoms with Gasteiger partial charge in [-0.1, -0.05) is 29.8 Å². The van der Waals surface area contributed by atoms with Crippen LogP contribution in [0.25, 0.3) is 0 Å². The quantitative estimate of drug-likeness (QED) is 0.351. The van der Waals surface area contributed by atoms with Gasteiger partial charge in [0, 0.05) is 62.1 Å². The lowest BCUT2D eigenvalue weighted by molar-refractivity contribution is -0.384. The SMILES string of the molecule is O=C(Nc1ccc(N2CCN(C(=O)c3ccccc3)CC2)c(Cl)c1)c1ccc(N2CCCC2)c([N+](=O)[O-])c1. The summed E-state index contributed by atoms with van der Waals surface area (Å²) in [6, 6.07) is 19.1. The Hall–Kier alpha value is -4.11. The van der Waals surface area contributed by atoms with Crippen LogP contribution in [0.5, 0.6) is 0 Å². The van der Waals surface area contributed by atoms with Crippen molar-refractivity contribution in [2.75, 3.05) is 54.4 Å². The Kier molecular flexibility index (Phi) is 7.46. The van der Waals surface area contributed by atoms with Crippen molar-refractivity contribution in [1.29, 1.82) is 0 Å². The summed E-state index contributed by atoms with van der Waals surface area (Å²) in [4.78, 5) is 42.8. The normalized spacial score (nSPS) is 15.4. The van der Waals surface area contributed by atoms with Gasteiger partial charge in [-0.05, 0) is 55.3 Å². The summed E-state index contributed by atoms with van der Waals surface area (Å²) in [5.41, 5.74) is 2.67. The van der Waals surface area contributed by atoms with E-state index in [-0.39, 0.29) is 17.2 Å². The van der Waals surface area contributed by atoms with E-state index in [0.717, 1.165) is 31.6 Å². The third kappa shape index (κ3) is 5.43. The molecule has 3 aromatic rings. The number of rotatable bonds is 6. The zero-order chi connectivity index (χ0) is 26.6. The molecule has 5 rings (SSSR count). The number of carbonyl (C=O) groups excluding carboxylic acids is 2. The highest BCUT2D eigenvalue weighted by Gasteiger charge is 2.25. The van der Waals surface area contributed by atoms with Crippen molar-refractivity contribution in [2.24, 2.45) is 0 Å². The maximum atomic E-state index is 12.9. The molecule has 10 heteroatoms. The predicted molar refractivity (Wildman–Crippen MR) is 149 cm³/mol. The average Bonchev–Trinajstić information content (AvgIpc) is 3.48. The van der Waals surface area contributed by atoms with E-state index in [0.29, 0.717) is 48.1 Å². The second-order valence-electron chi connectivity index (χ2n) is 9.42. The molecule has 0 spiro atoms. The number of nitrogens with one attached hydrogen (secondary N) is 1. The van der Waals surface area contributed by atoms with Crippen molar-refractivity contribution in [2.45, 2.75) is 12.8 Å². The topological polar surface area (TPSA) is 99.0 Å². The molecule has 2 saturated heterocycles. The Bertz CT molecular complexity index is 1350. The van der Waals surface area contributed by atoms with E-state index < -0.39 is 10.8 Å². The number of nitro benzene ring substituents is 1. The van der Waals surface area contributed by atoms with Crippen molar-refractivity contribution in [3.8, 4) is 0 Å². The fraction of sp³-hybridized carbons (Fsp3) is 0.286. The first-order valence-corrected chi connectivity index (χ1v) is 13.0. The third-order valence-corrected chi connectivity index (χ3v) is 7.32. The maximum absolute atomic E-state index is 12.9. The van der Waals surface area contributed by atoms with E-state index in [1.165, 1.54) is 6.07 Å². The number of hydrogen-bond donors (Lipinski definition) is 1. The third-order valence-electron chi connectivity index (χ3n) is 7.01. The van der Waals surface area contributed by atoms with E-state index in [2.05, 4.69) is 10.2 Å². The number of piperazine rings is 1. The van der Waals surface area contributed by atoms with Crippen LogP contribution >= 0.6 is 11.6 Å². The zero-order valence-electron chi connectivity index (χ0n) is 20.8. The van der Waals surface area contributed by atoms with Gasteiger partial charge >= 0.3 is 0 Å². The molecule has 9 nitrogen and oxygen atoms in total. The van der Waals surface area contributed by atoms with Crippen molar-refractivity contribution in [3.63, 3.8) is 0 Å². The molecule has 38 heavy (non-hydrogen) atoms. The molecule has 0 unspecified atom stereocenters. The average molecular weight is 534 g/mol. The molecule has 0 atom stereocenters. The predicted octanol–water partition coefficient (Wildman–Crippen LogP) is 5.06. The van der Waals surface area contributed by atoms with Crippen LogP contribution in [0.2, 0.25) is 5.02 Å². The Balaban J connectivity index is 1.23. The van der Waals surface area contributed by atoms with Crippen LogP contribution in [-0.2, 0) is 0 Å². The van der Waals surface area contributed by atoms with E-state index in [9.17, 15) is 19.7 Å². The Morgan fingerprint density at radius 1 is 0.789 bits per heavy atom. The van der Waals surface area contributed by atoms with Crippen LogP contribution in [-0.4, -0.2) is 60.9 Å². The van der Waals surface area contributed by atoms with Crippen LogP contribution in [0.4, 0.5) is 22.7 Å². The van der Waals surface area contributed by atoms with E-state index in [1.54, 1.807) is 24.3 Å². The first-order valence-electron chi connectivity index (χ1n) is 12.6. The number of hydrogen-bond acceptors (Lipinski definition) is 6. The Morgan fingerprint density at radius 2 is 1.45 bits per heavy atom. The molecule has 3 aromatic carbocycles. The minimum Gasteiger partial charge on any atom is -0.367 e. The van der Waals surface area contributed by atoms with Crippen molar-refractivity contribution in [3.05, 3.63) is 93.0 Å². The van der Waals surface area contributed by atoms with Crippen molar-refractivity contribution >= 4 is 46.2 Å². The first kappa shape index (κ1) is 25.5. The van der Waals surface area contributed by atoms with Gasteiger partial charge in [-0.2, -0.15) is 0 Å². The van der Waals surface area contributed by atoms with Gasteiger partial charge in [0.25, 0.3) is 17.5 Å². The van der Waals surface area contributed by atoms with Gasteiger partial charge < -0.3 is 20.0 Å².